The Hall–Kier alpha value is -6.81. The number of hydrogen-bond acceptors (Lipinski definition) is 12. The molecule has 6 amide bonds. The van der Waals surface area contributed by atoms with Gasteiger partial charge in [0.05, 0.1) is 34.8 Å². The van der Waals surface area contributed by atoms with Crippen LogP contribution in [-0.4, -0.2) is 127 Å². The molecule has 64 heavy (non-hydrogen) atoms. The van der Waals surface area contributed by atoms with Crippen molar-refractivity contribution in [3.05, 3.63) is 56.8 Å². The maximum atomic E-state index is 13.6. The number of nitrogens with zero attached hydrogens (tertiary/aromatic N) is 2. The zero-order chi connectivity index (χ0) is 48.2. The van der Waals surface area contributed by atoms with Gasteiger partial charge in [-0.1, -0.05) is 37.0 Å². The lowest BCUT2D eigenvalue weighted by Crippen LogP contribution is -2.60. The van der Waals surface area contributed by atoms with Gasteiger partial charge >= 0.3 is 24.0 Å². The number of amides is 6. The first kappa shape index (κ1) is 51.5. The number of halogens is 2. The van der Waals surface area contributed by atoms with Gasteiger partial charge in [-0.2, -0.15) is 0 Å². The van der Waals surface area contributed by atoms with E-state index in [2.05, 4.69) is 36.6 Å². The molecule has 4 atom stereocenters. The highest BCUT2D eigenvalue weighted by molar-refractivity contribution is 6.31. The number of likely N-dealkylation sites (N-methyl/N-ethyl adjacent to an activating group) is 1. The second-order valence-electron chi connectivity index (χ2n) is 15.4. The molecule has 1 aromatic heterocycles. The Bertz CT molecular complexity index is 2360. The number of aromatic amines is 1. The maximum Gasteiger partial charge on any atom is 0.415 e. The van der Waals surface area contributed by atoms with Crippen LogP contribution in [0.25, 0.3) is 22.3 Å². The van der Waals surface area contributed by atoms with Crippen LogP contribution in [-0.2, 0) is 38.4 Å². The van der Waals surface area contributed by atoms with Gasteiger partial charge in [-0.05, 0) is 62.6 Å². The number of aliphatic carboxylic acids is 3. The highest BCUT2D eigenvalue weighted by atomic mass is 35.5. The van der Waals surface area contributed by atoms with Crippen LogP contribution in [0.4, 0.5) is 4.79 Å². The van der Waals surface area contributed by atoms with Crippen molar-refractivity contribution in [2.45, 2.75) is 90.0 Å². The predicted molar refractivity (Wildman–Crippen MR) is 228 cm³/mol. The average Bonchev–Trinajstić information content (AvgIpc) is 3.19. The van der Waals surface area contributed by atoms with Crippen LogP contribution in [0.3, 0.4) is 0 Å². The van der Waals surface area contributed by atoms with Gasteiger partial charge in [0, 0.05) is 37.0 Å². The first-order chi connectivity index (χ1) is 29.8. The lowest BCUT2D eigenvalue weighted by Gasteiger charge is -2.35. The van der Waals surface area contributed by atoms with Crippen molar-refractivity contribution in [2.24, 2.45) is 5.92 Å². The maximum absolute atomic E-state index is 13.6. The molecule has 3 aromatic rings. The molecule has 0 aliphatic carbocycles. The smallest absolute Gasteiger partial charge is 0.415 e. The van der Waals surface area contributed by atoms with Crippen LogP contribution in [0, 0.1) is 5.92 Å². The molecule has 3 rings (SSSR count). The van der Waals surface area contributed by atoms with E-state index in [-0.39, 0.29) is 34.1 Å². The molecular formula is C40H48Cl2N8O14. The summed E-state index contributed by atoms with van der Waals surface area (Å²) in [6, 6.07) is 2.24. The van der Waals surface area contributed by atoms with Gasteiger partial charge in [-0.25, -0.2) is 9.78 Å². The molecule has 24 heteroatoms. The second-order valence-corrected chi connectivity index (χ2v) is 16.3. The normalized spacial score (nSPS) is 13.1. The largest absolute Gasteiger partial charge is 0.481 e. The standard InChI is InChI=1S/C40H48Cl2N8O14/c1-18(2)32(48-36(60)25(10-12-29(52)53)46-37(61)27(16-31(56)57)44-19(3)51)38(62)47-26(15-30(54)55)35(59)43-17-40(4,5)50(6)39(63)64-28-11-8-21(42)14-23(28)33-45-24-9-7-20(41)13-22(24)34(58)49-33/h7-9,11,13-14,18,25-27,32H,10,12,15-17H2,1-6H3,(H,43,59)(H,44,51)(H,46,61)(H,47,62)(H,48,60)(H,52,53)(H,54,55)(H,56,57)(H,45,49,58)/t25-,26-,27-,32-/m0/s1. The van der Waals surface area contributed by atoms with Crippen LogP contribution in [0.2, 0.25) is 10.0 Å². The summed E-state index contributed by atoms with van der Waals surface area (Å²) in [6.45, 7) is 6.75. The number of fused-ring (bicyclic) bond motifs is 1. The van der Waals surface area contributed by atoms with Gasteiger partial charge < -0.3 is 56.5 Å². The first-order valence-electron chi connectivity index (χ1n) is 19.4. The molecule has 346 valence electrons. The quantitative estimate of drug-likeness (QED) is 0.0734. The number of aromatic nitrogens is 2. The SMILES string of the molecule is CC(=O)N[C@@H](CC(=O)O)C(=O)N[C@@H](CCC(=O)O)C(=O)N[C@H](C(=O)N[C@@H](CC(=O)O)C(=O)NCC(C)(C)N(C)C(=O)Oc1ccc(Cl)cc1-c1nc2ccc(Cl)cc2c(=O)[nH]1)C(C)C. The number of hydrogen-bond donors (Lipinski definition) is 9. The van der Waals surface area contributed by atoms with E-state index in [1.807, 2.05) is 0 Å². The molecular weight excluding hydrogens is 887 g/mol. The summed E-state index contributed by atoms with van der Waals surface area (Å²) < 4.78 is 5.69. The Morgan fingerprint density at radius 3 is 1.92 bits per heavy atom. The summed E-state index contributed by atoms with van der Waals surface area (Å²) in [4.78, 5) is 134. The van der Waals surface area contributed by atoms with Gasteiger partial charge in [0.1, 0.15) is 35.7 Å². The predicted octanol–water partition coefficient (Wildman–Crippen LogP) is 1.65. The van der Waals surface area contributed by atoms with E-state index in [9.17, 15) is 63.3 Å². The Morgan fingerprint density at radius 2 is 1.34 bits per heavy atom. The molecule has 0 saturated carbocycles. The van der Waals surface area contributed by atoms with Crippen molar-refractivity contribution in [2.75, 3.05) is 13.6 Å². The third-order valence-corrected chi connectivity index (χ3v) is 10.0. The number of benzene rings is 2. The van der Waals surface area contributed by atoms with E-state index in [1.54, 1.807) is 19.9 Å². The first-order valence-corrected chi connectivity index (χ1v) is 20.1. The Labute approximate surface area is 374 Å². The molecule has 0 spiro atoms. The second kappa shape index (κ2) is 22.5. The van der Waals surface area contributed by atoms with Crippen molar-refractivity contribution in [1.29, 1.82) is 0 Å². The van der Waals surface area contributed by atoms with Gasteiger partial charge in [-0.3, -0.25) is 43.2 Å². The molecule has 0 aliphatic rings. The third kappa shape index (κ3) is 14.9. The molecule has 0 aliphatic heterocycles. The monoisotopic (exact) mass is 934 g/mol. The Kier molecular flexibility index (Phi) is 18.1. The van der Waals surface area contributed by atoms with E-state index in [1.165, 1.54) is 51.2 Å². The molecule has 0 radical (unpaired) electrons. The molecule has 0 saturated heterocycles. The molecule has 2 aromatic carbocycles. The van der Waals surface area contributed by atoms with E-state index >= 15 is 0 Å². The van der Waals surface area contributed by atoms with Gasteiger partial charge in [-0.15, -0.1) is 0 Å². The summed E-state index contributed by atoms with van der Waals surface area (Å²) in [7, 11) is 1.36. The molecule has 0 bridgehead atoms. The minimum atomic E-state index is -1.74. The third-order valence-electron chi connectivity index (χ3n) is 9.55. The fourth-order valence-electron chi connectivity index (χ4n) is 5.84. The molecule has 9 N–H and O–H groups in total. The number of carbonyl (C=O) groups is 9. The van der Waals surface area contributed by atoms with E-state index < -0.39 is 120 Å². The topological polar surface area (TPSA) is 333 Å². The number of carboxylic acid groups (broad SMARTS) is 3. The molecule has 0 unspecified atom stereocenters. The zero-order valence-electron chi connectivity index (χ0n) is 35.4. The van der Waals surface area contributed by atoms with E-state index in [4.69, 9.17) is 27.9 Å². The Morgan fingerprint density at radius 1 is 0.781 bits per heavy atom. The van der Waals surface area contributed by atoms with Gasteiger partial charge in [0.15, 0.2) is 0 Å². The average molecular weight is 936 g/mol. The molecule has 1 heterocycles. The van der Waals surface area contributed by atoms with E-state index in [0.717, 1.165) is 11.8 Å². The van der Waals surface area contributed by atoms with Crippen molar-refractivity contribution in [3.63, 3.8) is 0 Å². The van der Waals surface area contributed by atoms with Gasteiger partial charge in [0.2, 0.25) is 29.5 Å². The number of rotatable bonds is 21. The minimum absolute atomic E-state index is 0.0275. The van der Waals surface area contributed by atoms with Crippen LogP contribution in [0.1, 0.15) is 60.3 Å². The van der Waals surface area contributed by atoms with Crippen LogP contribution in [0.5, 0.6) is 5.75 Å². The molecule has 22 nitrogen and oxygen atoms in total. The minimum Gasteiger partial charge on any atom is -0.481 e. The van der Waals surface area contributed by atoms with Crippen molar-refractivity contribution >= 4 is 87.6 Å². The summed E-state index contributed by atoms with van der Waals surface area (Å²) >= 11 is 12.3. The summed E-state index contributed by atoms with van der Waals surface area (Å²) in [5.74, 6) is -10.1. The Balaban J connectivity index is 1.76. The van der Waals surface area contributed by atoms with Crippen LogP contribution in [0.15, 0.2) is 41.2 Å². The van der Waals surface area contributed by atoms with Gasteiger partial charge in [0.25, 0.3) is 5.56 Å². The van der Waals surface area contributed by atoms with Crippen LogP contribution >= 0.6 is 23.2 Å². The van der Waals surface area contributed by atoms with Crippen molar-refractivity contribution in [1.82, 2.24) is 41.5 Å². The number of carboxylic acids is 3. The lowest BCUT2D eigenvalue weighted by atomic mass is 10.0. The highest BCUT2D eigenvalue weighted by Crippen LogP contribution is 2.32. The zero-order valence-corrected chi connectivity index (χ0v) is 36.9. The van der Waals surface area contributed by atoms with E-state index in [0.29, 0.717) is 10.5 Å². The molecule has 0 fully saturated rings. The van der Waals surface area contributed by atoms with Crippen molar-refractivity contribution < 1.29 is 63.2 Å². The number of H-pyrrole nitrogens is 1. The summed E-state index contributed by atoms with van der Waals surface area (Å²) in [5, 5.41) is 40.3. The number of ether oxygens (including phenoxy) is 1. The summed E-state index contributed by atoms with van der Waals surface area (Å²) in [5.41, 5.74) is -1.32. The van der Waals surface area contributed by atoms with Crippen molar-refractivity contribution in [3.8, 4) is 17.1 Å². The number of nitrogens with one attached hydrogen (secondary N) is 6. The summed E-state index contributed by atoms with van der Waals surface area (Å²) in [6.07, 6.45) is -3.93. The fourth-order valence-corrected chi connectivity index (χ4v) is 6.19. The lowest BCUT2D eigenvalue weighted by molar-refractivity contribution is -0.142. The number of carbonyl (C=O) groups excluding carboxylic acids is 6. The fraction of sp³-hybridized carbons (Fsp3) is 0.425. The highest BCUT2D eigenvalue weighted by Gasteiger charge is 2.36. The van der Waals surface area contributed by atoms with Crippen LogP contribution < -0.4 is 36.9 Å².